The lowest BCUT2D eigenvalue weighted by molar-refractivity contribution is -0.385. The second kappa shape index (κ2) is 12.6. The summed E-state index contributed by atoms with van der Waals surface area (Å²) in [6, 6.07) is 3.50. The number of aliphatic hydroxyl groups is 1. The first-order valence-corrected chi connectivity index (χ1v) is 11.6. The predicted octanol–water partition coefficient (Wildman–Crippen LogP) is 3.05. The van der Waals surface area contributed by atoms with Crippen molar-refractivity contribution < 1.29 is 19.0 Å². The molecule has 0 amide bonds. The number of aliphatic hydroxyl groups excluding tert-OH is 1. The highest BCUT2D eigenvalue weighted by atomic mass is 79.9. The Morgan fingerprint density at radius 3 is 2.91 bits per heavy atom. The first-order chi connectivity index (χ1) is 15.2. The average molecular weight is 550 g/mol. The van der Waals surface area contributed by atoms with Crippen LogP contribution in [-0.4, -0.2) is 68.8 Å². The van der Waals surface area contributed by atoms with Gasteiger partial charge in [-0.2, -0.15) is 9.38 Å². The molecule has 2 unspecified atom stereocenters. The number of halogens is 2. The maximum absolute atomic E-state index is 12.5. The Balaban J connectivity index is 2.03. The maximum atomic E-state index is 12.5. The molecule has 1 aromatic heterocycles. The molecule has 0 saturated carbocycles. The number of hydrogen-bond donors (Lipinski definition) is 2. The molecular weight excluding hydrogens is 528 g/mol. The minimum absolute atomic E-state index is 0.0684. The lowest BCUT2D eigenvalue weighted by Gasteiger charge is -2.18. The highest BCUT2D eigenvalue weighted by molar-refractivity contribution is 9.10. The van der Waals surface area contributed by atoms with Gasteiger partial charge in [-0.1, -0.05) is 0 Å². The second-order valence-electron chi connectivity index (χ2n) is 6.67. The standard InChI is InChI=1S/C18H22BrClN6O5S/c1-25(2)11-22-32(30)16-6-5-13(26(28)29)8-15(16)31-7-3-4-12(10-27)23-17-14(19)9-21-18(20)24-17/h5-6,8-9,11-12,27H,3-4,7,10H2,1-2H3,(H,21,23,24)/b22-11-. The monoisotopic (exact) mass is 548 g/mol. The second-order valence-corrected chi connectivity index (χ2v) is 9.01. The molecule has 174 valence electrons. The van der Waals surface area contributed by atoms with Crippen LogP contribution in [0.1, 0.15) is 12.8 Å². The highest BCUT2D eigenvalue weighted by Gasteiger charge is 2.17. The summed E-state index contributed by atoms with van der Waals surface area (Å²) in [4.78, 5) is 20.3. The zero-order valence-corrected chi connectivity index (χ0v) is 20.4. The number of nitrogens with zero attached hydrogens (tertiary/aromatic N) is 5. The molecule has 0 bridgehead atoms. The van der Waals surface area contributed by atoms with Crippen molar-refractivity contribution in [2.24, 2.45) is 4.40 Å². The van der Waals surface area contributed by atoms with E-state index < -0.39 is 15.9 Å². The van der Waals surface area contributed by atoms with Gasteiger partial charge in [0.15, 0.2) is 11.0 Å². The van der Waals surface area contributed by atoms with Gasteiger partial charge in [0.05, 0.1) is 34.7 Å². The van der Waals surface area contributed by atoms with Gasteiger partial charge in [0.2, 0.25) is 5.28 Å². The number of nitro benzene ring substituents is 1. The van der Waals surface area contributed by atoms with E-state index in [4.69, 9.17) is 16.3 Å². The fourth-order valence-electron chi connectivity index (χ4n) is 2.42. The van der Waals surface area contributed by atoms with Gasteiger partial charge in [0.25, 0.3) is 5.69 Å². The third-order valence-electron chi connectivity index (χ3n) is 3.93. The van der Waals surface area contributed by atoms with Gasteiger partial charge in [0.1, 0.15) is 22.8 Å². The van der Waals surface area contributed by atoms with Crippen LogP contribution in [0.2, 0.25) is 5.28 Å². The van der Waals surface area contributed by atoms with Crippen molar-refractivity contribution in [1.29, 1.82) is 0 Å². The Bertz CT molecular complexity index is 996. The van der Waals surface area contributed by atoms with Gasteiger partial charge in [-0.3, -0.25) is 10.1 Å². The maximum Gasteiger partial charge on any atom is 0.273 e. The van der Waals surface area contributed by atoms with Crippen molar-refractivity contribution in [3.8, 4) is 5.75 Å². The molecule has 0 aliphatic heterocycles. The van der Waals surface area contributed by atoms with E-state index in [1.54, 1.807) is 19.0 Å². The largest absolute Gasteiger partial charge is 0.492 e. The van der Waals surface area contributed by atoms with E-state index in [0.717, 1.165) is 0 Å². The zero-order valence-electron chi connectivity index (χ0n) is 17.3. The number of benzene rings is 1. The van der Waals surface area contributed by atoms with Gasteiger partial charge < -0.3 is 20.1 Å². The molecule has 0 spiro atoms. The number of rotatable bonds is 12. The van der Waals surface area contributed by atoms with E-state index in [0.29, 0.717) is 23.1 Å². The molecule has 2 rings (SSSR count). The van der Waals surface area contributed by atoms with Crippen LogP contribution in [-0.2, 0) is 11.0 Å². The molecular formula is C18H22BrClN6O5S. The smallest absolute Gasteiger partial charge is 0.273 e. The number of ether oxygens (including phenoxy) is 1. The quantitative estimate of drug-likeness (QED) is 0.102. The van der Waals surface area contributed by atoms with Crippen LogP contribution in [0.5, 0.6) is 5.75 Å². The summed E-state index contributed by atoms with van der Waals surface area (Å²) in [7, 11) is 1.67. The van der Waals surface area contributed by atoms with Gasteiger partial charge in [-0.25, -0.2) is 9.19 Å². The topological polar surface area (TPSA) is 143 Å². The molecule has 1 aromatic carbocycles. The molecule has 0 radical (unpaired) electrons. The minimum atomic E-state index is -1.79. The van der Waals surface area contributed by atoms with Crippen molar-refractivity contribution in [3.05, 3.63) is 44.3 Å². The SMILES string of the molecule is CN(C)/C=N\S(=O)c1ccc([N+](=O)[O-])cc1OCCCC(CO)Nc1nc(Cl)ncc1Br. The summed E-state index contributed by atoms with van der Waals surface area (Å²) in [5.41, 5.74) is -0.183. The van der Waals surface area contributed by atoms with E-state index in [-0.39, 0.29) is 40.9 Å². The number of nitro groups is 1. The zero-order chi connectivity index (χ0) is 23.7. The predicted molar refractivity (Wildman–Crippen MR) is 126 cm³/mol. The third-order valence-corrected chi connectivity index (χ3v) is 5.69. The number of nitrogens with one attached hydrogen (secondary N) is 1. The van der Waals surface area contributed by atoms with Crippen LogP contribution in [0.15, 0.2) is 38.2 Å². The van der Waals surface area contributed by atoms with E-state index >= 15 is 0 Å². The molecule has 0 aliphatic carbocycles. The van der Waals surface area contributed by atoms with Crippen LogP contribution in [0.4, 0.5) is 11.5 Å². The van der Waals surface area contributed by atoms with Crippen LogP contribution in [0.25, 0.3) is 0 Å². The lowest BCUT2D eigenvalue weighted by Crippen LogP contribution is -2.25. The molecule has 14 heteroatoms. The van der Waals surface area contributed by atoms with Crippen LogP contribution >= 0.6 is 27.5 Å². The normalized spacial score (nSPS) is 13.0. The van der Waals surface area contributed by atoms with E-state index in [1.165, 1.54) is 30.7 Å². The van der Waals surface area contributed by atoms with Crippen molar-refractivity contribution in [2.45, 2.75) is 23.8 Å². The van der Waals surface area contributed by atoms with Gasteiger partial charge in [-0.15, -0.1) is 0 Å². The van der Waals surface area contributed by atoms with Crippen LogP contribution < -0.4 is 10.1 Å². The summed E-state index contributed by atoms with van der Waals surface area (Å²) in [5.74, 6) is 0.562. The molecule has 1 heterocycles. The molecule has 2 aromatic rings. The molecule has 0 fully saturated rings. The van der Waals surface area contributed by atoms with Gasteiger partial charge >= 0.3 is 0 Å². The molecule has 32 heavy (non-hydrogen) atoms. The lowest BCUT2D eigenvalue weighted by atomic mass is 10.1. The molecule has 11 nitrogen and oxygen atoms in total. The first kappa shape index (κ1) is 25.9. The third kappa shape index (κ3) is 7.97. The molecule has 0 saturated heterocycles. The number of hydrogen-bond acceptors (Lipinski definition) is 8. The summed E-state index contributed by atoms with van der Waals surface area (Å²) in [5, 5.41) is 23.9. The summed E-state index contributed by atoms with van der Waals surface area (Å²) < 4.78 is 22.7. The Hall–Kier alpha value is -2.35. The summed E-state index contributed by atoms with van der Waals surface area (Å²) in [6.45, 7) is 0.00598. The Morgan fingerprint density at radius 1 is 1.50 bits per heavy atom. The summed E-state index contributed by atoms with van der Waals surface area (Å²) >= 11 is 9.11. The minimum Gasteiger partial charge on any atom is -0.492 e. The fraction of sp³-hybridized carbons (Fsp3) is 0.389. The number of non-ortho nitro benzene ring substituents is 1. The summed E-state index contributed by atoms with van der Waals surface area (Å²) in [6.07, 6.45) is 3.87. The fourth-order valence-corrected chi connectivity index (χ4v) is 3.72. The van der Waals surface area contributed by atoms with Crippen molar-refractivity contribution >= 4 is 56.4 Å². The number of anilines is 1. The Morgan fingerprint density at radius 2 is 2.25 bits per heavy atom. The number of aromatic nitrogens is 2. The molecule has 2 N–H and O–H groups in total. The molecule has 2 atom stereocenters. The average Bonchev–Trinajstić information content (AvgIpc) is 2.76. The van der Waals surface area contributed by atoms with E-state index in [1.807, 2.05) is 0 Å². The van der Waals surface area contributed by atoms with Crippen molar-refractivity contribution in [3.63, 3.8) is 0 Å². The van der Waals surface area contributed by atoms with Crippen molar-refractivity contribution in [2.75, 3.05) is 32.6 Å². The van der Waals surface area contributed by atoms with E-state index in [2.05, 4.69) is 35.6 Å². The molecule has 0 aliphatic rings. The van der Waals surface area contributed by atoms with Crippen molar-refractivity contribution in [1.82, 2.24) is 14.9 Å². The van der Waals surface area contributed by atoms with E-state index in [9.17, 15) is 19.4 Å². The Labute approximate surface area is 200 Å². The first-order valence-electron chi connectivity index (χ1n) is 9.30. The van der Waals surface area contributed by atoms with Crippen LogP contribution in [0, 0.1) is 10.1 Å². The van der Waals surface area contributed by atoms with Crippen LogP contribution in [0.3, 0.4) is 0 Å². The highest BCUT2D eigenvalue weighted by Crippen LogP contribution is 2.28. The van der Waals surface area contributed by atoms with Gasteiger partial charge in [0, 0.05) is 26.4 Å². The Kier molecular flexibility index (Phi) is 10.2. The van der Waals surface area contributed by atoms with Gasteiger partial charge in [-0.05, 0) is 46.4 Å².